The average Bonchev–Trinajstić information content (AvgIpc) is 3.01. The van der Waals surface area contributed by atoms with Gasteiger partial charge in [0.2, 0.25) is 0 Å². The third-order valence-corrected chi connectivity index (χ3v) is 4.71. The van der Waals surface area contributed by atoms with E-state index in [0.717, 1.165) is 17.1 Å². The van der Waals surface area contributed by atoms with E-state index >= 15 is 0 Å². The summed E-state index contributed by atoms with van der Waals surface area (Å²) in [7, 11) is 0. The van der Waals surface area contributed by atoms with Gasteiger partial charge in [0.1, 0.15) is 5.69 Å². The van der Waals surface area contributed by atoms with Gasteiger partial charge in [-0.3, -0.25) is 4.79 Å². The summed E-state index contributed by atoms with van der Waals surface area (Å²) in [5.41, 5.74) is 4.90. The minimum Gasteiger partial charge on any atom is -0.350 e. The van der Waals surface area contributed by atoms with Crippen molar-refractivity contribution in [2.24, 2.45) is 5.73 Å². The smallest absolute Gasteiger partial charge is 0.350 e. The molecule has 0 spiro atoms. The number of amides is 1. The molecule has 0 radical (unpaired) electrons. The minimum absolute atomic E-state index is 0. The number of aromatic nitrogens is 1. The Bertz CT molecular complexity index is 747. The molecule has 0 bridgehead atoms. The Morgan fingerprint density at radius 1 is 1.27 bits per heavy atom. The normalized spacial score (nSPS) is 11.8. The summed E-state index contributed by atoms with van der Waals surface area (Å²) < 4.78 is 38.6. The zero-order valence-corrected chi connectivity index (χ0v) is 16.0. The number of carbonyl (C=O) groups excluding carboxylic acids is 1. The van der Waals surface area contributed by atoms with E-state index in [0.29, 0.717) is 24.2 Å². The molecule has 26 heavy (non-hydrogen) atoms. The SMILES string of the molecule is CC(C)(CNC(=O)c1csc(CCN)n1)c1cccc(C(F)(F)F)c1.Cl. The number of thiazole rings is 1. The van der Waals surface area contributed by atoms with Gasteiger partial charge in [-0.15, -0.1) is 23.7 Å². The van der Waals surface area contributed by atoms with Crippen LogP contribution < -0.4 is 11.1 Å². The average molecular weight is 408 g/mol. The van der Waals surface area contributed by atoms with Crippen LogP contribution in [0.2, 0.25) is 0 Å². The fourth-order valence-electron chi connectivity index (χ4n) is 2.26. The molecule has 0 saturated carbocycles. The van der Waals surface area contributed by atoms with E-state index in [2.05, 4.69) is 10.3 Å². The highest BCUT2D eigenvalue weighted by molar-refractivity contribution is 7.09. The molecule has 1 aromatic carbocycles. The minimum atomic E-state index is -4.39. The van der Waals surface area contributed by atoms with Crippen LogP contribution in [0.15, 0.2) is 29.6 Å². The third kappa shape index (κ3) is 5.69. The number of hydrogen-bond acceptors (Lipinski definition) is 4. The molecule has 2 rings (SSSR count). The second kappa shape index (κ2) is 8.83. The molecule has 1 amide bonds. The van der Waals surface area contributed by atoms with Gasteiger partial charge in [-0.25, -0.2) is 4.98 Å². The lowest BCUT2D eigenvalue weighted by Crippen LogP contribution is -2.37. The van der Waals surface area contributed by atoms with Crippen molar-refractivity contribution in [2.75, 3.05) is 13.1 Å². The maximum atomic E-state index is 12.9. The van der Waals surface area contributed by atoms with E-state index in [1.807, 2.05) is 0 Å². The third-order valence-electron chi connectivity index (χ3n) is 3.80. The lowest BCUT2D eigenvalue weighted by molar-refractivity contribution is -0.137. The first-order valence-corrected chi connectivity index (χ1v) is 8.62. The molecule has 1 aromatic heterocycles. The highest BCUT2D eigenvalue weighted by Crippen LogP contribution is 2.32. The molecule has 4 nitrogen and oxygen atoms in total. The molecule has 1 heterocycles. The van der Waals surface area contributed by atoms with E-state index in [9.17, 15) is 18.0 Å². The van der Waals surface area contributed by atoms with Gasteiger partial charge in [-0.2, -0.15) is 13.2 Å². The number of nitrogens with two attached hydrogens (primary N) is 1. The number of benzene rings is 1. The van der Waals surface area contributed by atoms with Gasteiger partial charge >= 0.3 is 6.18 Å². The van der Waals surface area contributed by atoms with E-state index in [-0.39, 0.29) is 24.9 Å². The monoisotopic (exact) mass is 407 g/mol. The molecule has 0 unspecified atom stereocenters. The molecule has 0 aliphatic carbocycles. The van der Waals surface area contributed by atoms with Crippen LogP contribution in [0.4, 0.5) is 13.2 Å². The summed E-state index contributed by atoms with van der Waals surface area (Å²) in [6.45, 7) is 4.21. The standard InChI is InChI=1S/C17H20F3N3OS.ClH/c1-16(2,11-4-3-5-12(8-11)17(18,19)20)10-22-15(24)13-9-25-14(23-13)6-7-21;/h3-5,8-9H,6-7,10,21H2,1-2H3,(H,22,24);1H. The van der Waals surface area contributed by atoms with Gasteiger partial charge < -0.3 is 11.1 Å². The number of rotatable bonds is 6. The molecule has 0 fully saturated rings. The number of alkyl halides is 3. The molecule has 0 atom stereocenters. The lowest BCUT2D eigenvalue weighted by Gasteiger charge is -2.26. The summed E-state index contributed by atoms with van der Waals surface area (Å²) in [5, 5.41) is 5.18. The van der Waals surface area contributed by atoms with Crippen molar-refractivity contribution in [1.82, 2.24) is 10.3 Å². The molecular formula is C17H21ClF3N3OS. The summed E-state index contributed by atoms with van der Waals surface area (Å²) >= 11 is 1.36. The number of halogens is 4. The number of nitrogens with zero attached hydrogens (tertiary/aromatic N) is 1. The van der Waals surface area contributed by atoms with Crippen LogP contribution in [0.5, 0.6) is 0 Å². The van der Waals surface area contributed by atoms with Gasteiger partial charge in [0, 0.05) is 23.8 Å². The van der Waals surface area contributed by atoms with Crippen LogP contribution in [0.25, 0.3) is 0 Å². The molecule has 2 aromatic rings. The van der Waals surface area contributed by atoms with Gasteiger partial charge in [-0.1, -0.05) is 32.0 Å². The highest BCUT2D eigenvalue weighted by Gasteiger charge is 2.32. The van der Waals surface area contributed by atoms with Crippen LogP contribution in [0.3, 0.4) is 0 Å². The molecule has 3 N–H and O–H groups in total. The van der Waals surface area contributed by atoms with Gasteiger partial charge in [0.15, 0.2) is 0 Å². The summed E-state index contributed by atoms with van der Waals surface area (Å²) in [6, 6.07) is 5.16. The Hall–Kier alpha value is -1.64. The maximum absolute atomic E-state index is 12.9. The van der Waals surface area contributed by atoms with Crippen molar-refractivity contribution in [3.8, 4) is 0 Å². The topological polar surface area (TPSA) is 68.0 Å². The Labute approximate surface area is 160 Å². The summed E-state index contributed by atoms with van der Waals surface area (Å²) in [4.78, 5) is 16.4. The predicted octanol–water partition coefficient (Wildman–Crippen LogP) is 3.79. The number of nitrogens with one attached hydrogen (secondary N) is 1. The summed E-state index contributed by atoms with van der Waals surface area (Å²) in [5.74, 6) is -0.348. The van der Waals surface area contributed by atoms with Gasteiger partial charge in [-0.05, 0) is 18.2 Å². The Balaban J connectivity index is 0.00000338. The fraction of sp³-hybridized carbons (Fsp3) is 0.412. The van der Waals surface area contributed by atoms with Crippen molar-refractivity contribution in [2.45, 2.75) is 31.9 Å². The van der Waals surface area contributed by atoms with E-state index in [1.54, 1.807) is 25.3 Å². The summed E-state index contributed by atoms with van der Waals surface area (Å²) in [6.07, 6.45) is -3.79. The van der Waals surface area contributed by atoms with Crippen LogP contribution in [0.1, 0.15) is 40.5 Å². The van der Waals surface area contributed by atoms with E-state index < -0.39 is 17.2 Å². The largest absolute Gasteiger partial charge is 0.416 e. The van der Waals surface area contributed by atoms with Crippen molar-refractivity contribution >= 4 is 29.7 Å². The van der Waals surface area contributed by atoms with Crippen molar-refractivity contribution in [3.05, 3.63) is 51.5 Å². The van der Waals surface area contributed by atoms with Gasteiger partial charge in [0.05, 0.1) is 10.6 Å². The number of hydrogen-bond donors (Lipinski definition) is 2. The van der Waals surface area contributed by atoms with Crippen molar-refractivity contribution < 1.29 is 18.0 Å². The van der Waals surface area contributed by atoms with Gasteiger partial charge in [0.25, 0.3) is 5.91 Å². The molecule has 0 saturated heterocycles. The zero-order valence-electron chi connectivity index (χ0n) is 14.4. The Kier molecular flexibility index (Phi) is 7.61. The van der Waals surface area contributed by atoms with Crippen LogP contribution >= 0.6 is 23.7 Å². The zero-order chi connectivity index (χ0) is 18.7. The quantitative estimate of drug-likeness (QED) is 0.765. The fourth-order valence-corrected chi connectivity index (χ4v) is 3.06. The molecule has 9 heteroatoms. The first-order valence-electron chi connectivity index (χ1n) is 7.74. The van der Waals surface area contributed by atoms with E-state index in [1.165, 1.54) is 17.4 Å². The molecule has 144 valence electrons. The number of carbonyl (C=O) groups is 1. The van der Waals surface area contributed by atoms with Crippen molar-refractivity contribution in [1.29, 1.82) is 0 Å². The molecular weight excluding hydrogens is 387 g/mol. The highest BCUT2D eigenvalue weighted by atomic mass is 35.5. The molecule has 0 aliphatic heterocycles. The maximum Gasteiger partial charge on any atom is 0.416 e. The Morgan fingerprint density at radius 3 is 2.54 bits per heavy atom. The van der Waals surface area contributed by atoms with Crippen LogP contribution in [-0.4, -0.2) is 24.0 Å². The second-order valence-corrected chi connectivity index (χ2v) is 7.25. The lowest BCUT2D eigenvalue weighted by atomic mass is 9.83. The molecule has 0 aliphatic rings. The second-order valence-electron chi connectivity index (χ2n) is 6.31. The predicted molar refractivity (Wildman–Crippen MR) is 98.9 cm³/mol. The first kappa shape index (κ1) is 22.4. The van der Waals surface area contributed by atoms with Crippen molar-refractivity contribution in [3.63, 3.8) is 0 Å². The van der Waals surface area contributed by atoms with Crippen LogP contribution in [0, 0.1) is 0 Å². The first-order chi connectivity index (χ1) is 11.6. The Morgan fingerprint density at radius 2 is 1.92 bits per heavy atom. The van der Waals surface area contributed by atoms with Crippen LogP contribution in [-0.2, 0) is 18.0 Å². The van der Waals surface area contributed by atoms with E-state index in [4.69, 9.17) is 5.73 Å².